The summed E-state index contributed by atoms with van der Waals surface area (Å²) in [6.07, 6.45) is 6.43. The first-order valence-electron chi connectivity index (χ1n) is 11.1. The normalized spacial score (nSPS) is 20.2. The number of carbonyl (C=O) groups excluding carboxylic acids is 2. The highest BCUT2D eigenvalue weighted by atomic mass is 16.5. The molecule has 0 saturated carbocycles. The molecule has 32 heavy (non-hydrogen) atoms. The number of benzene rings is 2. The smallest absolute Gasteiger partial charge is 0.251 e. The van der Waals surface area contributed by atoms with Crippen molar-refractivity contribution in [2.45, 2.75) is 38.6 Å². The topological polar surface area (TPSA) is 67.9 Å². The van der Waals surface area contributed by atoms with Gasteiger partial charge in [0.15, 0.2) is 11.5 Å². The second-order valence-corrected chi connectivity index (χ2v) is 8.48. The van der Waals surface area contributed by atoms with Gasteiger partial charge in [0.05, 0.1) is 20.8 Å². The minimum atomic E-state index is -0.215. The third-order valence-electron chi connectivity index (χ3n) is 6.57. The summed E-state index contributed by atoms with van der Waals surface area (Å²) < 4.78 is 10.6. The minimum Gasteiger partial charge on any atom is -0.493 e. The molecule has 2 aromatic carbocycles. The lowest BCUT2D eigenvalue weighted by molar-refractivity contribution is -0.134. The van der Waals surface area contributed by atoms with E-state index in [1.165, 1.54) is 0 Å². The number of rotatable bonds is 7. The molecule has 6 heteroatoms. The number of amides is 2. The number of hydrogen-bond donors (Lipinski definition) is 1. The summed E-state index contributed by atoms with van der Waals surface area (Å²) in [5.41, 5.74) is 2.48. The summed E-state index contributed by atoms with van der Waals surface area (Å²) in [6, 6.07) is 15.2. The van der Waals surface area contributed by atoms with Crippen molar-refractivity contribution in [3.63, 3.8) is 0 Å². The Balaban J connectivity index is 1.53. The summed E-state index contributed by atoms with van der Waals surface area (Å²) in [7, 11) is 3.12. The van der Waals surface area contributed by atoms with Crippen LogP contribution in [-0.2, 0) is 11.3 Å². The molecule has 1 fully saturated rings. The number of carbonyl (C=O) groups is 2. The van der Waals surface area contributed by atoms with Gasteiger partial charge in [-0.2, -0.15) is 0 Å². The summed E-state index contributed by atoms with van der Waals surface area (Å²) in [5, 5.41) is 3.13. The van der Waals surface area contributed by atoms with Gasteiger partial charge in [-0.3, -0.25) is 9.59 Å². The van der Waals surface area contributed by atoms with Gasteiger partial charge in [0.1, 0.15) is 0 Å². The first-order valence-corrected chi connectivity index (χ1v) is 11.1. The second-order valence-electron chi connectivity index (χ2n) is 8.48. The first-order chi connectivity index (χ1) is 15.6. The van der Waals surface area contributed by atoms with E-state index in [9.17, 15) is 9.59 Å². The van der Waals surface area contributed by atoms with Crippen molar-refractivity contribution in [3.05, 3.63) is 71.4 Å². The summed E-state index contributed by atoms with van der Waals surface area (Å²) in [5.74, 6) is 1.11. The fraction of sp³-hybridized carbons (Fsp3) is 0.385. The van der Waals surface area contributed by atoms with Gasteiger partial charge >= 0.3 is 0 Å². The molecule has 1 unspecified atom stereocenters. The van der Waals surface area contributed by atoms with Crippen LogP contribution in [0.5, 0.6) is 11.5 Å². The fourth-order valence-corrected chi connectivity index (χ4v) is 4.82. The van der Waals surface area contributed by atoms with E-state index in [4.69, 9.17) is 9.47 Å². The van der Waals surface area contributed by atoms with Crippen LogP contribution in [0.1, 0.15) is 48.0 Å². The van der Waals surface area contributed by atoms with Gasteiger partial charge in [-0.1, -0.05) is 36.4 Å². The van der Waals surface area contributed by atoms with Crippen molar-refractivity contribution in [1.82, 2.24) is 10.2 Å². The largest absolute Gasteiger partial charge is 0.493 e. The van der Waals surface area contributed by atoms with E-state index < -0.39 is 0 Å². The molecular formula is C26H30N2O4. The molecule has 2 aliphatic rings. The van der Waals surface area contributed by atoms with Crippen LogP contribution < -0.4 is 14.8 Å². The van der Waals surface area contributed by atoms with Crippen molar-refractivity contribution in [2.75, 3.05) is 20.8 Å². The van der Waals surface area contributed by atoms with E-state index in [1.807, 2.05) is 35.2 Å². The molecule has 0 spiro atoms. The van der Waals surface area contributed by atoms with Crippen LogP contribution >= 0.6 is 0 Å². The predicted octanol–water partition coefficient (Wildman–Crippen LogP) is 4.31. The van der Waals surface area contributed by atoms with Crippen LogP contribution in [0, 0.1) is 5.41 Å². The van der Waals surface area contributed by atoms with E-state index in [0.29, 0.717) is 36.6 Å². The third-order valence-corrected chi connectivity index (χ3v) is 6.57. The highest BCUT2D eigenvalue weighted by Gasteiger charge is 2.44. The average Bonchev–Trinajstić information content (AvgIpc) is 2.84. The Morgan fingerprint density at radius 2 is 1.84 bits per heavy atom. The Bertz CT molecular complexity index is 1020. The Kier molecular flexibility index (Phi) is 6.49. The molecule has 1 atom stereocenters. The molecule has 2 aromatic rings. The van der Waals surface area contributed by atoms with Crippen molar-refractivity contribution in [3.8, 4) is 11.5 Å². The van der Waals surface area contributed by atoms with Crippen LogP contribution in [-0.4, -0.2) is 37.5 Å². The molecule has 2 amide bonds. The number of allylic oxidation sites excluding steroid dienone is 1. The number of piperidine rings is 1. The molecule has 4 rings (SSSR count). The summed E-state index contributed by atoms with van der Waals surface area (Å²) in [4.78, 5) is 27.7. The Hall–Kier alpha value is -3.28. The maximum Gasteiger partial charge on any atom is 0.251 e. The number of methoxy groups -OCH3 is 2. The van der Waals surface area contributed by atoms with Gasteiger partial charge in [-0.15, -0.1) is 0 Å². The lowest BCUT2D eigenvalue weighted by atomic mass is 9.69. The fourth-order valence-electron chi connectivity index (χ4n) is 4.82. The molecule has 1 aliphatic heterocycles. The molecule has 1 saturated heterocycles. The van der Waals surface area contributed by atoms with E-state index in [-0.39, 0.29) is 17.2 Å². The lowest BCUT2D eigenvalue weighted by Crippen LogP contribution is -2.50. The highest BCUT2D eigenvalue weighted by Crippen LogP contribution is 2.46. The molecule has 0 radical (unpaired) electrons. The first kappa shape index (κ1) is 21.9. The number of likely N-dealkylation sites (tertiary alicyclic amines) is 1. The SMILES string of the molecule is COc1ccc(C(=O)NCC23CCCC=C2N(Cc2ccccc2)C(=O)CC3)cc1OC. The van der Waals surface area contributed by atoms with Gasteiger partial charge in [0, 0.05) is 29.6 Å². The van der Waals surface area contributed by atoms with E-state index in [2.05, 4.69) is 11.4 Å². The van der Waals surface area contributed by atoms with Crippen LogP contribution in [0.15, 0.2) is 60.3 Å². The Labute approximate surface area is 189 Å². The lowest BCUT2D eigenvalue weighted by Gasteiger charge is -2.47. The number of nitrogens with one attached hydrogen (secondary N) is 1. The summed E-state index contributed by atoms with van der Waals surface area (Å²) >= 11 is 0. The van der Waals surface area contributed by atoms with Gasteiger partial charge in [-0.25, -0.2) is 0 Å². The minimum absolute atomic E-state index is 0.156. The quantitative estimate of drug-likeness (QED) is 0.705. The number of hydrogen-bond acceptors (Lipinski definition) is 4. The second kappa shape index (κ2) is 9.47. The molecular weight excluding hydrogens is 404 g/mol. The molecule has 1 N–H and O–H groups in total. The van der Waals surface area contributed by atoms with Gasteiger partial charge in [0.2, 0.25) is 5.91 Å². The third kappa shape index (κ3) is 4.35. The molecule has 6 nitrogen and oxygen atoms in total. The maximum absolute atomic E-state index is 13.0. The zero-order chi connectivity index (χ0) is 22.6. The average molecular weight is 435 g/mol. The van der Waals surface area contributed by atoms with E-state index >= 15 is 0 Å². The van der Waals surface area contributed by atoms with E-state index in [0.717, 1.165) is 36.9 Å². The van der Waals surface area contributed by atoms with Crippen LogP contribution in [0.3, 0.4) is 0 Å². The monoisotopic (exact) mass is 434 g/mol. The molecule has 0 aromatic heterocycles. The van der Waals surface area contributed by atoms with Gasteiger partial charge in [0.25, 0.3) is 5.91 Å². The molecule has 1 heterocycles. The van der Waals surface area contributed by atoms with Crippen molar-refractivity contribution in [1.29, 1.82) is 0 Å². The van der Waals surface area contributed by atoms with Crippen LogP contribution in [0.25, 0.3) is 0 Å². The Morgan fingerprint density at radius 1 is 1.06 bits per heavy atom. The molecule has 0 bridgehead atoms. The summed E-state index contributed by atoms with van der Waals surface area (Å²) in [6.45, 7) is 1.07. The standard InChI is InChI=1S/C26H30N2O4/c1-31-21-12-11-20(16-22(21)32-2)25(30)27-18-26-14-7-6-10-23(26)28(24(29)13-15-26)17-19-8-4-3-5-9-19/h3-5,8-12,16H,6-7,13-15,17-18H2,1-2H3,(H,27,30). The number of nitrogens with zero attached hydrogens (tertiary/aromatic N) is 1. The highest BCUT2D eigenvalue weighted by molar-refractivity contribution is 5.95. The number of fused-ring (bicyclic) bond motifs is 1. The zero-order valence-corrected chi connectivity index (χ0v) is 18.7. The van der Waals surface area contributed by atoms with Crippen molar-refractivity contribution >= 4 is 11.8 Å². The zero-order valence-electron chi connectivity index (χ0n) is 18.7. The number of ether oxygens (including phenoxy) is 2. The van der Waals surface area contributed by atoms with Crippen molar-refractivity contribution < 1.29 is 19.1 Å². The van der Waals surface area contributed by atoms with Crippen LogP contribution in [0.4, 0.5) is 0 Å². The predicted molar refractivity (Wildman–Crippen MR) is 122 cm³/mol. The molecule has 168 valence electrons. The van der Waals surface area contributed by atoms with Gasteiger partial charge in [-0.05, 0) is 49.4 Å². The van der Waals surface area contributed by atoms with Crippen molar-refractivity contribution in [2.24, 2.45) is 5.41 Å². The van der Waals surface area contributed by atoms with Gasteiger partial charge < -0.3 is 19.7 Å². The van der Waals surface area contributed by atoms with E-state index in [1.54, 1.807) is 32.4 Å². The molecule has 1 aliphatic carbocycles. The maximum atomic E-state index is 13.0. The Morgan fingerprint density at radius 3 is 2.59 bits per heavy atom. The van der Waals surface area contributed by atoms with Crippen LogP contribution in [0.2, 0.25) is 0 Å².